The Balaban J connectivity index is 1.58. The van der Waals surface area contributed by atoms with E-state index >= 15 is 0 Å². The van der Waals surface area contributed by atoms with Crippen LogP contribution in [0.3, 0.4) is 0 Å². The minimum atomic E-state index is -0.214. The van der Waals surface area contributed by atoms with Gasteiger partial charge in [0, 0.05) is 55.3 Å². The van der Waals surface area contributed by atoms with E-state index in [1.54, 1.807) is 18.6 Å². The summed E-state index contributed by atoms with van der Waals surface area (Å²) in [5.41, 5.74) is 14.9. The van der Waals surface area contributed by atoms with Crippen LogP contribution in [-0.2, 0) is 11.2 Å². The van der Waals surface area contributed by atoms with Crippen LogP contribution in [-0.4, -0.2) is 59.7 Å². The fourth-order valence-electron chi connectivity index (χ4n) is 3.68. The molecule has 9 nitrogen and oxygen atoms in total. The third-order valence-corrected chi connectivity index (χ3v) is 5.44. The summed E-state index contributed by atoms with van der Waals surface area (Å²) in [5.74, 6) is 0.556. The predicted molar refractivity (Wildman–Crippen MR) is 126 cm³/mol. The van der Waals surface area contributed by atoms with Crippen molar-refractivity contribution in [3.63, 3.8) is 0 Å². The first-order chi connectivity index (χ1) is 16.0. The number of benzene rings is 1. The highest BCUT2D eigenvalue weighted by Crippen LogP contribution is 2.26. The lowest BCUT2D eigenvalue weighted by atomic mass is 10.1. The number of nitrogens with two attached hydrogens (primary N) is 2. The van der Waals surface area contributed by atoms with Gasteiger partial charge in [0.05, 0.1) is 25.1 Å². The van der Waals surface area contributed by atoms with Crippen molar-refractivity contribution in [2.75, 3.05) is 43.5 Å². The van der Waals surface area contributed by atoms with Gasteiger partial charge in [-0.25, -0.2) is 9.97 Å². The number of aromatic nitrogens is 3. The summed E-state index contributed by atoms with van der Waals surface area (Å²) in [4.78, 5) is 28.4. The molecule has 2 aromatic heterocycles. The smallest absolute Gasteiger partial charge is 0.189 e. The van der Waals surface area contributed by atoms with E-state index in [0.29, 0.717) is 31.2 Å². The topological polar surface area (TPSA) is 129 Å². The van der Waals surface area contributed by atoms with Gasteiger partial charge < -0.3 is 25.8 Å². The minimum absolute atomic E-state index is 0.102. The Morgan fingerprint density at radius 2 is 2.06 bits per heavy atom. The first kappa shape index (κ1) is 22.6. The first-order valence-electron chi connectivity index (χ1n) is 10.9. The Morgan fingerprint density at radius 3 is 2.85 bits per heavy atom. The molecule has 3 heterocycles. The summed E-state index contributed by atoms with van der Waals surface area (Å²) in [6, 6.07) is 9.36. The molecule has 33 heavy (non-hydrogen) atoms. The van der Waals surface area contributed by atoms with Gasteiger partial charge in [-0.05, 0) is 25.1 Å². The molecule has 9 heteroatoms. The van der Waals surface area contributed by atoms with Gasteiger partial charge in [-0.2, -0.15) is 0 Å². The predicted octanol–water partition coefficient (Wildman–Crippen LogP) is 2.11. The number of hydrogen-bond acceptors (Lipinski definition) is 9. The number of nitrogens with zero attached hydrogens (tertiary/aromatic N) is 4. The van der Waals surface area contributed by atoms with E-state index in [1.165, 1.54) is 0 Å². The van der Waals surface area contributed by atoms with Gasteiger partial charge in [0.2, 0.25) is 0 Å². The van der Waals surface area contributed by atoms with E-state index in [9.17, 15) is 4.79 Å². The van der Waals surface area contributed by atoms with Gasteiger partial charge >= 0.3 is 0 Å². The molecule has 0 spiro atoms. The van der Waals surface area contributed by atoms with Crippen molar-refractivity contribution >= 4 is 17.3 Å². The number of hydrogen-bond donors (Lipinski definition) is 2. The van der Waals surface area contributed by atoms with Gasteiger partial charge in [-0.15, -0.1) is 0 Å². The molecule has 0 saturated carbocycles. The number of nitrogen functional groups attached to an aromatic ring is 1. The van der Waals surface area contributed by atoms with Crippen LogP contribution in [0.25, 0.3) is 11.3 Å². The van der Waals surface area contributed by atoms with Gasteiger partial charge in [0.1, 0.15) is 17.5 Å². The van der Waals surface area contributed by atoms with Crippen molar-refractivity contribution in [1.82, 2.24) is 15.0 Å². The number of carbonyl (C=O) groups is 1. The zero-order valence-corrected chi connectivity index (χ0v) is 18.6. The summed E-state index contributed by atoms with van der Waals surface area (Å²) < 4.78 is 11.2. The van der Waals surface area contributed by atoms with Crippen LogP contribution < -0.4 is 21.1 Å². The highest BCUT2D eigenvalue weighted by Gasteiger charge is 2.20. The Morgan fingerprint density at radius 1 is 1.24 bits per heavy atom. The number of pyridine rings is 1. The SMILES string of the molecule is CC(CN)Oc1cccc(-c2cnc(N)c(C(=O)Cc3cnccc3N3CCOCC3)n2)c1. The van der Waals surface area contributed by atoms with Crippen LogP contribution in [0.15, 0.2) is 48.9 Å². The highest BCUT2D eigenvalue weighted by atomic mass is 16.5. The molecule has 1 unspecified atom stereocenters. The lowest BCUT2D eigenvalue weighted by Gasteiger charge is -2.30. The lowest BCUT2D eigenvalue weighted by molar-refractivity contribution is 0.0988. The second kappa shape index (κ2) is 10.4. The molecule has 1 aliphatic heterocycles. The largest absolute Gasteiger partial charge is 0.489 e. The summed E-state index contributed by atoms with van der Waals surface area (Å²) in [6.07, 6.45) is 5.01. The van der Waals surface area contributed by atoms with Gasteiger partial charge in [-0.1, -0.05) is 12.1 Å². The van der Waals surface area contributed by atoms with E-state index in [0.717, 1.165) is 29.9 Å². The maximum absolute atomic E-state index is 13.2. The second-order valence-corrected chi connectivity index (χ2v) is 7.88. The molecule has 172 valence electrons. The van der Waals surface area contributed by atoms with Gasteiger partial charge in [0.25, 0.3) is 0 Å². The van der Waals surface area contributed by atoms with Gasteiger partial charge in [-0.3, -0.25) is 9.78 Å². The van der Waals surface area contributed by atoms with E-state index in [-0.39, 0.29) is 29.8 Å². The Hall–Kier alpha value is -3.56. The van der Waals surface area contributed by atoms with E-state index < -0.39 is 0 Å². The lowest BCUT2D eigenvalue weighted by Crippen LogP contribution is -2.37. The molecule has 1 aromatic carbocycles. The molecule has 0 radical (unpaired) electrons. The van der Waals surface area contributed by atoms with Crippen molar-refractivity contribution < 1.29 is 14.3 Å². The quantitative estimate of drug-likeness (QED) is 0.498. The van der Waals surface area contributed by atoms with Crippen LogP contribution in [0.4, 0.5) is 11.5 Å². The third kappa shape index (κ3) is 5.44. The molecule has 0 amide bonds. The summed E-state index contributed by atoms with van der Waals surface area (Å²) in [5, 5.41) is 0. The fraction of sp³-hybridized carbons (Fsp3) is 0.333. The van der Waals surface area contributed by atoms with Crippen molar-refractivity contribution in [2.45, 2.75) is 19.4 Å². The Bertz CT molecular complexity index is 1120. The minimum Gasteiger partial charge on any atom is -0.489 e. The second-order valence-electron chi connectivity index (χ2n) is 7.88. The third-order valence-electron chi connectivity index (χ3n) is 5.44. The Kier molecular flexibility index (Phi) is 7.11. The molecule has 1 atom stereocenters. The summed E-state index contributed by atoms with van der Waals surface area (Å²) in [7, 11) is 0. The maximum Gasteiger partial charge on any atom is 0.189 e. The monoisotopic (exact) mass is 448 g/mol. The fourth-order valence-corrected chi connectivity index (χ4v) is 3.68. The van der Waals surface area contributed by atoms with Crippen LogP contribution in [0.5, 0.6) is 5.75 Å². The number of rotatable bonds is 8. The molecule has 1 saturated heterocycles. The average molecular weight is 449 g/mol. The number of Topliss-reactive ketones (excluding diaryl/α,β-unsaturated/α-hetero) is 1. The van der Waals surface area contributed by atoms with E-state index in [2.05, 4.69) is 19.9 Å². The zero-order chi connectivity index (χ0) is 23.2. The van der Waals surface area contributed by atoms with Crippen molar-refractivity contribution in [1.29, 1.82) is 0 Å². The van der Waals surface area contributed by atoms with Crippen LogP contribution in [0.1, 0.15) is 23.0 Å². The molecule has 4 N–H and O–H groups in total. The number of carbonyl (C=O) groups excluding carboxylic acids is 1. The van der Waals surface area contributed by atoms with Crippen LogP contribution in [0, 0.1) is 0 Å². The number of anilines is 2. The molecule has 0 aliphatic carbocycles. The number of ketones is 1. The van der Waals surface area contributed by atoms with Crippen molar-refractivity contribution in [3.8, 4) is 17.0 Å². The average Bonchev–Trinajstić information content (AvgIpc) is 2.85. The molecule has 1 aliphatic rings. The molecule has 3 aromatic rings. The molecular formula is C24H28N6O3. The first-order valence-corrected chi connectivity index (χ1v) is 10.9. The standard InChI is InChI=1S/C24H28N6O3/c1-16(13-25)33-19-4-2-3-17(11-19)20-15-28-24(26)23(29-20)22(31)12-18-14-27-6-5-21(18)30-7-9-32-10-8-30/h2-6,11,14-16H,7-10,12-13,25H2,1H3,(H2,26,28). The van der Waals surface area contributed by atoms with E-state index in [4.69, 9.17) is 20.9 Å². The number of morpholine rings is 1. The number of ether oxygens (including phenoxy) is 2. The molecule has 0 bridgehead atoms. The summed E-state index contributed by atoms with van der Waals surface area (Å²) in [6.45, 7) is 5.15. The van der Waals surface area contributed by atoms with Crippen LogP contribution in [0.2, 0.25) is 0 Å². The molecule has 4 rings (SSSR count). The van der Waals surface area contributed by atoms with Crippen LogP contribution >= 0.6 is 0 Å². The Labute approximate surface area is 192 Å². The zero-order valence-electron chi connectivity index (χ0n) is 18.6. The highest BCUT2D eigenvalue weighted by molar-refractivity contribution is 6.00. The normalized spacial score (nSPS) is 14.7. The maximum atomic E-state index is 13.2. The van der Waals surface area contributed by atoms with Crippen molar-refractivity contribution in [3.05, 3.63) is 60.2 Å². The summed E-state index contributed by atoms with van der Waals surface area (Å²) >= 11 is 0. The molecular weight excluding hydrogens is 420 g/mol. The van der Waals surface area contributed by atoms with E-state index in [1.807, 2.05) is 37.3 Å². The molecule has 1 fully saturated rings. The van der Waals surface area contributed by atoms with Crippen molar-refractivity contribution in [2.24, 2.45) is 5.73 Å². The van der Waals surface area contributed by atoms with Gasteiger partial charge in [0.15, 0.2) is 11.6 Å².